The molecule has 0 aliphatic carbocycles. The number of rotatable bonds is 4. The summed E-state index contributed by atoms with van der Waals surface area (Å²) in [6, 6.07) is 30.9. The van der Waals surface area contributed by atoms with Crippen molar-refractivity contribution >= 4 is 53.8 Å². The maximum Gasteiger partial charge on any atom is 0.210 e. The van der Waals surface area contributed by atoms with Crippen molar-refractivity contribution in [3.05, 3.63) is 109 Å². The van der Waals surface area contributed by atoms with Crippen molar-refractivity contribution in [2.24, 2.45) is 0 Å². The van der Waals surface area contributed by atoms with Gasteiger partial charge in [0.2, 0.25) is 19.7 Å². The molecule has 210 valence electrons. The van der Waals surface area contributed by atoms with Crippen LogP contribution in [0.2, 0.25) is 0 Å². The van der Waals surface area contributed by atoms with Gasteiger partial charge in [0.1, 0.15) is 11.5 Å². The first-order chi connectivity index (χ1) is 20.3. The highest BCUT2D eigenvalue weighted by Gasteiger charge is 2.38. The quantitative estimate of drug-likeness (QED) is 0.216. The fourth-order valence-electron chi connectivity index (χ4n) is 5.71. The maximum atomic E-state index is 13.6. The number of hydrogen-bond acceptors (Lipinski definition) is 8. The van der Waals surface area contributed by atoms with Gasteiger partial charge >= 0.3 is 0 Å². The Bertz CT molecular complexity index is 1870. The molecule has 0 atom stereocenters. The van der Waals surface area contributed by atoms with E-state index in [-0.39, 0.29) is 19.6 Å². The molecule has 2 aliphatic rings. The van der Waals surface area contributed by atoms with E-state index in [0.29, 0.717) is 45.6 Å². The molecule has 0 N–H and O–H groups in total. The lowest BCUT2D eigenvalue weighted by molar-refractivity contribution is 0.405. The summed E-state index contributed by atoms with van der Waals surface area (Å²) in [6.07, 6.45) is 0. The number of methoxy groups -OCH3 is 2. The molecule has 0 saturated heterocycles. The number of nitrogens with zero attached hydrogens (tertiary/aromatic N) is 2. The minimum atomic E-state index is -3.76. The third-order valence-electron chi connectivity index (χ3n) is 7.54. The smallest absolute Gasteiger partial charge is 0.210 e. The molecule has 5 aromatic rings. The van der Waals surface area contributed by atoms with Gasteiger partial charge in [-0.05, 0) is 48.5 Å². The molecular formula is C32H24N2O6S2. The van der Waals surface area contributed by atoms with E-state index < -0.39 is 19.7 Å². The predicted molar refractivity (Wildman–Crippen MR) is 160 cm³/mol. The Morgan fingerprint density at radius 1 is 0.429 bits per heavy atom. The highest BCUT2D eigenvalue weighted by Crippen LogP contribution is 2.55. The molecule has 7 rings (SSSR count). The van der Waals surface area contributed by atoms with Crippen LogP contribution < -0.4 is 19.3 Å². The highest BCUT2D eigenvalue weighted by molar-refractivity contribution is 7.92. The Morgan fingerprint density at radius 3 is 0.952 bits per heavy atom. The summed E-state index contributed by atoms with van der Waals surface area (Å²) >= 11 is 0. The third-order valence-corrected chi connectivity index (χ3v) is 11.2. The van der Waals surface area contributed by atoms with Gasteiger partial charge in [-0.15, -0.1) is 0 Å². The molecule has 42 heavy (non-hydrogen) atoms. The molecule has 5 aromatic carbocycles. The maximum absolute atomic E-state index is 13.6. The number of sulfone groups is 2. The van der Waals surface area contributed by atoms with Crippen LogP contribution in [0.15, 0.2) is 129 Å². The van der Waals surface area contributed by atoms with Crippen LogP contribution in [0.25, 0.3) is 0 Å². The first kappa shape index (κ1) is 26.1. The molecule has 10 heteroatoms. The molecule has 0 radical (unpaired) electrons. The molecule has 0 amide bonds. The van der Waals surface area contributed by atoms with Crippen LogP contribution in [0.3, 0.4) is 0 Å². The van der Waals surface area contributed by atoms with Crippen LogP contribution >= 0.6 is 0 Å². The van der Waals surface area contributed by atoms with Crippen molar-refractivity contribution in [1.29, 1.82) is 0 Å². The lowest BCUT2D eigenvalue weighted by Crippen LogP contribution is -2.24. The second-order valence-corrected chi connectivity index (χ2v) is 13.5. The summed E-state index contributed by atoms with van der Waals surface area (Å²) < 4.78 is 66.1. The monoisotopic (exact) mass is 596 g/mol. The normalized spacial score (nSPS) is 15.6. The fourth-order valence-corrected chi connectivity index (χ4v) is 8.95. The number of fused-ring (bicyclic) bond motifs is 4. The average molecular weight is 597 g/mol. The zero-order valence-corrected chi connectivity index (χ0v) is 24.2. The Kier molecular flexibility index (Phi) is 5.83. The van der Waals surface area contributed by atoms with Crippen LogP contribution in [0.1, 0.15) is 0 Å². The van der Waals surface area contributed by atoms with Gasteiger partial charge in [-0.1, -0.05) is 48.5 Å². The third kappa shape index (κ3) is 3.58. The van der Waals surface area contributed by atoms with Crippen molar-refractivity contribution in [2.75, 3.05) is 24.0 Å². The van der Waals surface area contributed by atoms with Gasteiger partial charge in [-0.2, -0.15) is 0 Å². The Morgan fingerprint density at radius 2 is 0.690 bits per heavy atom. The number of anilines is 6. The molecule has 2 heterocycles. The molecule has 0 bridgehead atoms. The summed E-state index contributed by atoms with van der Waals surface area (Å²) in [4.78, 5) is 4.41. The van der Waals surface area contributed by atoms with Gasteiger partial charge in [0.15, 0.2) is 0 Å². The number of benzene rings is 5. The summed E-state index contributed by atoms with van der Waals surface area (Å²) in [5.74, 6) is 0.858. The Hall–Kier alpha value is -4.80. The van der Waals surface area contributed by atoms with Gasteiger partial charge in [0, 0.05) is 12.1 Å². The van der Waals surface area contributed by atoms with E-state index in [1.165, 1.54) is 14.2 Å². The minimum absolute atomic E-state index is 0.179. The molecule has 8 nitrogen and oxygen atoms in total. The van der Waals surface area contributed by atoms with Crippen LogP contribution in [0.4, 0.5) is 34.1 Å². The number of hydrogen-bond donors (Lipinski definition) is 0. The van der Waals surface area contributed by atoms with Gasteiger partial charge < -0.3 is 19.3 Å². The van der Waals surface area contributed by atoms with E-state index in [9.17, 15) is 16.8 Å². The van der Waals surface area contributed by atoms with Gasteiger partial charge in [0.05, 0.1) is 67.9 Å². The van der Waals surface area contributed by atoms with Gasteiger partial charge in [0.25, 0.3) is 0 Å². The van der Waals surface area contributed by atoms with Crippen molar-refractivity contribution < 1.29 is 26.3 Å². The largest absolute Gasteiger partial charge is 0.494 e. The molecule has 2 aliphatic heterocycles. The van der Waals surface area contributed by atoms with Crippen LogP contribution in [-0.4, -0.2) is 31.1 Å². The minimum Gasteiger partial charge on any atom is -0.494 e. The van der Waals surface area contributed by atoms with E-state index in [2.05, 4.69) is 0 Å². The SMILES string of the molecule is COc1cc(N2c3ccccc3S(=O)(=O)c3ccccc32)c(OC)cc1N1c2ccccc2S(=O)(=O)c2ccccc21. The van der Waals surface area contributed by atoms with Gasteiger partial charge in [-0.25, -0.2) is 16.8 Å². The predicted octanol–water partition coefficient (Wildman–Crippen LogP) is 6.94. The molecule has 0 saturated carbocycles. The first-order valence-corrected chi connectivity index (χ1v) is 16.0. The second kappa shape index (κ2) is 9.37. The Labute approximate surface area is 243 Å². The number of para-hydroxylation sites is 4. The van der Waals surface area contributed by atoms with E-state index in [0.717, 1.165) is 0 Å². The summed E-state index contributed by atoms with van der Waals surface area (Å²) in [7, 11) is -4.44. The van der Waals surface area contributed by atoms with E-state index in [1.54, 1.807) is 109 Å². The lowest BCUT2D eigenvalue weighted by atomic mass is 10.1. The van der Waals surface area contributed by atoms with Crippen molar-refractivity contribution in [2.45, 2.75) is 19.6 Å². The second-order valence-electron chi connectivity index (χ2n) is 9.74. The summed E-state index contributed by atoms with van der Waals surface area (Å²) in [5.41, 5.74) is 3.01. The van der Waals surface area contributed by atoms with Crippen molar-refractivity contribution in [3.8, 4) is 11.5 Å². The molecule has 0 spiro atoms. The van der Waals surface area contributed by atoms with E-state index in [1.807, 2.05) is 9.80 Å². The molecule has 0 aromatic heterocycles. The molecule has 0 unspecified atom stereocenters. The average Bonchev–Trinajstić information content (AvgIpc) is 3.01. The Balaban J connectivity index is 1.51. The fraction of sp³-hybridized carbons (Fsp3) is 0.0625. The molecule has 0 fully saturated rings. The van der Waals surface area contributed by atoms with Crippen molar-refractivity contribution in [1.82, 2.24) is 0 Å². The standard InChI is InChI=1S/C32H24N2O6S2/c1-39-27-19-26(34-23-13-5-9-17-31(23)42(37,38)32-18-10-6-14-24(32)34)28(40-2)20-25(27)33-21-11-3-7-15-29(21)41(35,36)30-16-8-4-12-22(30)33/h3-20H,1-2H3. The van der Waals surface area contributed by atoms with Crippen LogP contribution in [0, 0.1) is 0 Å². The topological polar surface area (TPSA) is 93.2 Å². The highest BCUT2D eigenvalue weighted by atomic mass is 32.2. The van der Waals surface area contributed by atoms with E-state index >= 15 is 0 Å². The van der Waals surface area contributed by atoms with Gasteiger partial charge in [-0.3, -0.25) is 0 Å². The summed E-state index contributed by atoms with van der Waals surface area (Å²) in [5, 5.41) is 0. The summed E-state index contributed by atoms with van der Waals surface area (Å²) in [6.45, 7) is 0. The molecular weight excluding hydrogens is 572 g/mol. The van der Waals surface area contributed by atoms with Crippen LogP contribution in [-0.2, 0) is 19.7 Å². The van der Waals surface area contributed by atoms with E-state index in [4.69, 9.17) is 9.47 Å². The lowest BCUT2D eigenvalue weighted by Gasteiger charge is -2.36. The number of ether oxygens (including phenoxy) is 2. The zero-order chi connectivity index (χ0) is 29.2. The van der Waals surface area contributed by atoms with Crippen LogP contribution in [0.5, 0.6) is 11.5 Å². The zero-order valence-electron chi connectivity index (χ0n) is 22.6. The first-order valence-electron chi connectivity index (χ1n) is 13.0. The van der Waals surface area contributed by atoms with Crippen molar-refractivity contribution in [3.63, 3.8) is 0 Å².